The maximum Gasteiger partial charge on any atom is 0.142 e. The maximum absolute atomic E-state index is 5.78. The molecule has 0 atom stereocenters. The van der Waals surface area contributed by atoms with Crippen molar-refractivity contribution in [1.29, 1.82) is 0 Å². The molecule has 1 aromatic carbocycles. The molecule has 0 aliphatic carbocycles. The zero-order valence-corrected chi connectivity index (χ0v) is 9.95. The van der Waals surface area contributed by atoms with E-state index in [1.807, 2.05) is 12.1 Å². The summed E-state index contributed by atoms with van der Waals surface area (Å²) in [7, 11) is 0. The summed E-state index contributed by atoms with van der Waals surface area (Å²) >= 11 is 0. The molecule has 0 unspecified atom stereocenters. The topological polar surface area (TPSA) is 12.5 Å². The number of benzene rings is 1. The van der Waals surface area contributed by atoms with E-state index in [2.05, 4.69) is 44.7 Å². The van der Waals surface area contributed by atoms with Gasteiger partial charge in [0.15, 0.2) is 0 Å². The van der Waals surface area contributed by atoms with Gasteiger partial charge in [-0.1, -0.05) is 12.1 Å². The fourth-order valence-corrected chi connectivity index (χ4v) is 2.41. The highest BCUT2D eigenvalue weighted by Crippen LogP contribution is 2.38. The Hall–Kier alpha value is -1.18. The van der Waals surface area contributed by atoms with Gasteiger partial charge in [0, 0.05) is 6.04 Å². The number of hydrogen-bond acceptors (Lipinski definition) is 2. The molecule has 82 valence electrons. The Morgan fingerprint density at radius 1 is 1.27 bits per heavy atom. The molecule has 0 spiro atoms. The first-order chi connectivity index (χ1) is 7.02. The molecule has 0 fully saturated rings. The predicted molar refractivity (Wildman–Crippen MR) is 63.6 cm³/mol. The second-order valence-corrected chi connectivity index (χ2v) is 5.03. The van der Waals surface area contributed by atoms with Gasteiger partial charge < -0.3 is 9.64 Å². The van der Waals surface area contributed by atoms with Crippen molar-refractivity contribution in [2.75, 3.05) is 11.5 Å². The van der Waals surface area contributed by atoms with Gasteiger partial charge in [0.25, 0.3) is 0 Å². The molecular formula is C13H19NO. The Morgan fingerprint density at radius 3 is 2.60 bits per heavy atom. The van der Waals surface area contributed by atoms with Crippen LogP contribution in [0.3, 0.4) is 0 Å². The first-order valence-electron chi connectivity index (χ1n) is 5.53. The van der Waals surface area contributed by atoms with Crippen molar-refractivity contribution in [2.45, 2.75) is 39.3 Å². The standard InChI is InChI=1S/C13H19NO/c1-10(2)14-11-7-5-6-8-12(11)15-9-13(14,3)4/h5-8,10H,9H2,1-4H3. The smallest absolute Gasteiger partial charge is 0.142 e. The van der Waals surface area contributed by atoms with Crippen molar-refractivity contribution in [3.63, 3.8) is 0 Å². The SMILES string of the molecule is CC(C)N1c2ccccc2OCC1(C)C. The van der Waals surface area contributed by atoms with Gasteiger partial charge in [-0.2, -0.15) is 0 Å². The Labute approximate surface area is 91.9 Å². The molecule has 15 heavy (non-hydrogen) atoms. The van der Waals surface area contributed by atoms with Gasteiger partial charge in [0.1, 0.15) is 12.4 Å². The fourth-order valence-electron chi connectivity index (χ4n) is 2.41. The third kappa shape index (κ3) is 1.69. The third-order valence-corrected chi connectivity index (χ3v) is 2.87. The van der Waals surface area contributed by atoms with Crippen molar-refractivity contribution < 1.29 is 4.74 Å². The zero-order chi connectivity index (χ0) is 11.1. The van der Waals surface area contributed by atoms with E-state index in [4.69, 9.17) is 4.74 Å². The van der Waals surface area contributed by atoms with Gasteiger partial charge in [-0.25, -0.2) is 0 Å². The lowest BCUT2D eigenvalue weighted by atomic mass is 9.98. The average Bonchev–Trinajstić information content (AvgIpc) is 2.15. The molecule has 0 bridgehead atoms. The van der Waals surface area contributed by atoms with Crippen LogP contribution in [0, 0.1) is 0 Å². The van der Waals surface area contributed by atoms with Crippen LogP contribution in [0.25, 0.3) is 0 Å². The van der Waals surface area contributed by atoms with E-state index >= 15 is 0 Å². The van der Waals surface area contributed by atoms with E-state index in [1.165, 1.54) is 5.69 Å². The van der Waals surface area contributed by atoms with Gasteiger partial charge in [-0.05, 0) is 39.8 Å². The van der Waals surface area contributed by atoms with E-state index < -0.39 is 0 Å². The Balaban J connectivity index is 2.48. The second kappa shape index (κ2) is 3.44. The molecule has 0 aromatic heterocycles. The highest BCUT2D eigenvalue weighted by atomic mass is 16.5. The number of ether oxygens (including phenoxy) is 1. The zero-order valence-electron chi connectivity index (χ0n) is 9.95. The van der Waals surface area contributed by atoms with Crippen LogP contribution in [0.4, 0.5) is 5.69 Å². The average molecular weight is 205 g/mol. The molecule has 1 aliphatic heterocycles. The van der Waals surface area contributed by atoms with Crippen LogP contribution >= 0.6 is 0 Å². The minimum Gasteiger partial charge on any atom is -0.489 e. The number of hydrogen-bond donors (Lipinski definition) is 0. The molecule has 0 amide bonds. The molecule has 2 heteroatoms. The summed E-state index contributed by atoms with van der Waals surface area (Å²) < 4.78 is 5.78. The van der Waals surface area contributed by atoms with Crippen LogP contribution in [-0.2, 0) is 0 Å². The predicted octanol–water partition coefficient (Wildman–Crippen LogP) is 3.07. The lowest BCUT2D eigenvalue weighted by Gasteiger charge is -2.47. The van der Waals surface area contributed by atoms with Crippen molar-refractivity contribution in [3.05, 3.63) is 24.3 Å². The highest BCUT2D eigenvalue weighted by molar-refractivity contribution is 5.62. The van der Waals surface area contributed by atoms with Gasteiger partial charge in [0.2, 0.25) is 0 Å². The molecule has 1 heterocycles. The summed E-state index contributed by atoms with van der Waals surface area (Å²) in [5.74, 6) is 1.01. The number of rotatable bonds is 1. The third-order valence-electron chi connectivity index (χ3n) is 2.87. The van der Waals surface area contributed by atoms with Crippen LogP contribution < -0.4 is 9.64 Å². The Morgan fingerprint density at radius 2 is 1.93 bits per heavy atom. The van der Waals surface area contributed by atoms with Gasteiger partial charge in [-0.3, -0.25) is 0 Å². The lowest BCUT2D eigenvalue weighted by molar-refractivity contribution is 0.205. The maximum atomic E-state index is 5.78. The molecule has 1 aliphatic rings. The van der Waals surface area contributed by atoms with Crippen LogP contribution in [0.15, 0.2) is 24.3 Å². The summed E-state index contributed by atoms with van der Waals surface area (Å²) in [6.07, 6.45) is 0. The van der Waals surface area contributed by atoms with E-state index in [0.717, 1.165) is 12.4 Å². The molecule has 2 rings (SSSR count). The van der Waals surface area contributed by atoms with Crippen molar-refractivity contribution >= 4 is 5.69 Å². The summed E-state index contributed by atoms with van der Waals surface area (Å²) in [4.78, 5) is 2.44. The van der Waals surface area contributed by atoms with Gasteiger partial charge in [0.05, 0.1) is 11.2 Å². The first kappa shape index (κ1) is 10.3. The van der Waals surface area contributed by atoms with E-state index in [1.54, 1.807) is 0 Å². The molecule has 2 nitrogen and oxygen atoms in total. The number of fused-ring (bicyclic) bond motifs is 1. The second-order valence-electron chi connectivity index (χ2n) is 5.03. The molecule has 0 radical (unpaired) electrons. The molecule has 0 saturated heterocycles. The van der Waals surface area contributed by atoms with E-state index in [9.17, 15) is 0 Å². The summed E-state index contributed by atoms with van der Waals surface area (Å²) in [6.45, 7) is 9.65. The monoisotopic (exact) mass is 205 g/mol. The quantitative estimate of drug-likeness (QED) is 0.698. The van der Waals surface area contributed by atoms with Gasteiger partial charge in [-0.15, -0.1) is 0 Å². The molecular weight excluding hydrogens is 186 g/mol. The summed E-state index contributed by atoms with van der Waals surface area (Å²) in [5, 5.41) is 0. The number of para-hydroxylation sites is 2. The Kier molecular flexibility index (Phi) is 2.37. The summed E-state index contributed by atoms with van der Waals surface area (Å²) in [5.41, 5.74) is 1.28. The van der Waals surface area contributed by atoms with Crippen LogP contribution in [0.2, 0.25) is 0 Å². The van der Waals surface area contributed by atoms with Crippen LogP contribution in [-0.4, -0.2) is 18.2 Å². The molecule has 1 aromatic rings. The van der Waals surface area contributed by atoms with Crippen molar-refractivity contribution in [3.8, 4) is 5.75 Å². The number of anilines is 1. The van der Waals surface area contributed by atoms with Crippen LogP contribution in [0.5, 0.6) is 5.75 Å². The van der Waals surface area contributed by atoms with E-state index in [-0.39, 0.29) is 5.54 Å². The Bertz CT molecular complexity index is 357. The van der Waals surface area contributed by atoms with Crippen molar-refractivity contribution in [1.82, 2.24) is 0 Å². The van der Waals surface area contributed by atoms with E-state index in [0.29, 0.717) is 6.04 Å². The highest BCUT2D eigenvalue weighted by Gasteiger charge is 2.35. The minimum atomic E-state index is 0.0719. The number of nitrogens with zero attached hydrogens (tertiary/aromatic N) is 1. The fraction of sp³-hybridized carbons (Fsp3) is 0.538. The minimum absolute atomic E-state index is 0.0719. The largest absolute Gasteiger partial charge is 0.489 e. The van der Waals surface area contributed by atoms with Crippen LogP contribution in [0.1, 0.15) is 27.7 Å². The van der Waals surface area contributed by atoms with Crippen molar-refractivity contribution in [2.24, 2.45) is 0 Å². The lowest BCUT2D eigenvalue weighted by Crippen LogP contribution is -2.54. The normalized spacial score (nSPS) is 18.6. The van der Waals surface area contributed by atoms with Gasteiger partial charge >= 0.3 is 0 Å². The molecule has 0 N–H and O–H groups in total. The molecule has 0 saturated carbocycles. The summed E-state index contributed by atoms with van der Waals surface area (Å²) in [6, 6.07) is 8.76. The first-order valence-corrected chi connectivity index (χ1v) is 5.53.